The molecule has 0 aliphatic carbocycles. The van der Waals surface area contributed by atoms with Gasteiger partial charge in [-0.3, -0.25) is 0 Å². The zero-order chi connectivity index (χ0) is 17.4. The predicted molar refractivity (Wildman–Crippen MR) is 113 cm³/mol. The van der Waals surface area contributed by atoms with Gasteiger partial charge in [0, 0.05) is 0 Å². The molecule has 0 atom stereocenters. The first kappa shape index (κ1) is 15.5. The summed E-state index contributed by atoms with van der Waals surface area (Å²) in [6, 6.07) is 40.0. The van der Waals surface area contributed by atoms with Gasteiger partial charge < -0.3 is 0 Å². The summed E-state index contributed by atoms with van der Waals surface area (Å²) in [7, 11) is 0. The predicted octanol–water partition coefficient (Wildman–Crippen LogP) is 3.12. The van der Waals surface area contributed by atoms with E-state index in [0.29, 0.717) is 0 Å². The van der Waals surface area contributed by atoms with Crippen molar-refractivity contribution in [3.63, 3.8) is 0 Å². The van der Waals surface area contributed by atoms with Crippen LogP contribution in [-0.4, -0.2) is 13.3 Å². The molecule has 0 aromatic heterocycles. The molecular weight excluding hydrogens is 375 g/mol. The van der Waals surface area contributed by atoms with E-state index < -0.39 is 13.3 Å². The molecule has 1 nitrogen and oxygen atoms in total. The fourth-order valence-corrected chi connectivity index (χ4v) is 14.9. The maximum atomic E-state index is 3.68. The van der Waals surface area contributed by atoms with Crippen LogP contribution >= 0.6 is 0 Å². The number of hydrogen-bond donors (Lipinski definition) is 1. The van der Waals surface area contributed by atoms with E-state index in [-0.39, 0.29) is 0 Å². The Kier molecular flexibility index (Phi) is 3.68. The van der Waals surface area contributed by atoms with Crippen LogP contribution in [-0.2, 0) is 0 Å². The van der Waals surface area contributed by atoms with Crippen molar-refractivity contribution in [2.45, 2.75) is 0 Å². The van der Waals surface area contributed by atoms with Gasteiger partial charge >= 0.3 is 157 Å². The van der Waals surface area contributed by atoms with Gasteiger partial charge in [-0.1, -0.05) is 0 Å². The van der Waals surface area contributed by atoms with E-state index in [2.05, 4.69) is 115 Å². The van der Waals surface area contributed by atoms with Gasteiger partial charge in [0.25, 0.3) is 0 Å². The van der Waals surface area contributed by atoms with Gasteiger partial charge in [-0.2, -0.15) is 0 Å². The van der Waals surface area contributed by atoms with Crippen LogP contribution in [0, 0.1) is 0 Å². The molecule has 2 heteroatoms. The third kappa shape index (κ3) is 2.17. The molecule has 1 aliphatic heterocycles. The topological polar surface area (TPSA) is 12.0 Å². The van der Waals surface area contributed by atoms with Crippen LogP contribution < -0.4 is 22.9 Å². The van der Waals surface area contributed by atoms with Crippen molar-refractivity contribution in [1.82, 2.24) is 0 Å². The van der Waals surface area contributed by atoms with E-state index in [4.69, 9.17) is 0 Å². The van der Waals surface area contributed by atoms with Gasteiger partial charge in [-0.25, -0.2) is 0 Å². The number of anilines is 2. The zero-order valence-electron chi connectivity index (χ0n) is 14.4. The monoisotopic (exact) mass is 395 g/mol. The van der Waals surface area contributed by atoms with E-state index >= 15 is 0 Å². The van der Waals surface area contributed by atoms with Crippen LogP contribution in [0.3, 0.4) is 0 Å². The Morgan fingerprint density at radius 1 is 0.423 bits per heavy atom. The van der Waals surface area contributed by atoms with Crippen molar-refractivity contribution in [3.8, 4) is 0 Å². The fraction of sp³-hybridized carbons (Fsp3) is 0. The molecule has 26 heavy (non-hydrogen) atoms. The molecule has 0 radical (unpaired) electrons. The molecule has 0 unspecified atom stereocenters. The molecule has 1 N–H and O–H groups in total. The average Bonchev–Trinajstić information content (AvgIpc) is 2.73. The van der Waals surface area contributed by atoms with Crippen LogP contribution in [0.2, 0.25) is 0 Å². The van der Waals surface area contributed by atoms with Crippen molar-refractivity contribution in [3.05, 3.63) is 109 Å². The standard InChI is InChI=1S/C24H19GeN/c1-3-11-19(12-4-1)25(20-13-5-2-6-14-20)21-15-7-9-17-23(21)26-24-18-10-8-16-22(24)25/h1-18,26H. The minimum atomic E-state index is -3.04. The first-order valence-electron chi connectivity index (χ1n) is 8.98. The number of para-hydroxylation sites is 2. The summed E-state index contributed by atoms with van der Waals surface area (Å²) >= 11 is -3.04. The average molecular weight is 394 g/mol. The number of rotatable bonds is 2. The van der Waals surface area contributed by atoms with Gasteiger partial charge in [-0.05, 0) is 0 Å². The van der Waals surface area contributed by atoms with Crippen molar-refractivity contribution >= 4 is 42.2 Å². The Hall–Kier alpha value is -2.78. The van der Waals surface area contributed by atoms with Crippen LogP contribution in [0.4, 0.5) is 11.4 Å². The molecule has 0 saturated carbocycles. The molecule has 5 rings (SSSR count). The van der Waals surface area contributed by atoms with Crippen molar-refractivity contribution < 1.29 is 0 Å². The minimum absolute atomic E-state index is 1.25. The SMILES string of the molecule is c1cc[c]([Ge]2([c]3ccccc3)[c]3ccccc3Nc3cccc[c]32)cc1. The Balaban J connectivity index is 1.97. The van der Waals surface area contributed by atoms with Gasteiger partial charge in [0.15, 0.2) is 0 Å². The summed E-state index contributed by atoms with van der Waals surface area (Å²) in [6.45, 7) is 0. The molecule has 0 saturated heterocycles. The third-order valence-corrected chi connectivity index (χ3v) is 15.6. The molecule has 0 amide bonds. The fourth-order valence-electron chi connectivity index (χ4n) is 4.29. The number of fused-ring (bicyclic) bond motifs is 2. The summed E-state index contributed by atoms with van der Waals surface area (Å²) in [5, 5.41) is 3.68. The summed E-state index contributed by atoms with van der Waals surface area (Å²) in [5.41, 5.74) is 2.50. The van der Waals surface area contributed by atoms with E-state index in [9.17, 15) is 0 Å². The van der Waals surface area contributed by atoms with Crippen LogP contribution in [0.1, 0.15) is 0 Å². The summed E-state index contributed by atoms with van der Waals surface area (Å²) < 4.78 is 5.90. The summed E-state index contributed by atoms with van der Waals surface area (Å²) in [5.74, 6) is 0. The Morgan fingerprint density at radius 3 is 1.27 bits per heavy atom. The third-order valence-electron chi connectivity index (χ3n) is 5.35. The number of hydrogen-bond acceptors (Lipinski definition) is 1. The molecule has 1 heterocycles. The molecule has 4 aromatic carbocycles. The van der Waals surface area contributed by atoms with Gasteiger partial charge in [0.05, 0.1) is 0 Å². The van der Waals surface area contributed by atoms with Crippen molar-refractivity contribution in [2.24, 2.45) is 0 Å². The molecule has 1 aliphatic rings. The van der Waals surface area contributed by atoms with E-state index in [0.717, 1.165) is 0 Å². The molecule has 0 bridgehead atoms. The number of nitrogens with one attached hydrogen (secondary N) is 1. The zero-order valence-corrected chi connectivity index (χ0v) is 16.5. The van der Waals surface area contributed by atoms with E-state index in [1.165, 1.54) is 29.0 Å². The summed E-state index contributed by atoms with van der Waals surface area (Å²) in [4.78, 5) is 0. The van der Waals surface area contributed by atoms with Gasteiger partial charge in [0.1, 0.15) is 0 Å². The normalized spacial score (nSPS) is 14.0. The first-order valence-corrected chi connectivity index (χ1v) is 13.2. The Bertz CT molecular complexity index is 971. The van der Waals surface area contributed by atoms with Crippen LogP contribution in [0.15, 0.2) is 109 Å². The maximum absolute atomic E-state index is 3.68. The second kappa shape index (κ2) is 6.19. The molecule has 0 spiro atoms. The van der Waals surface area contributed by atoms with Crippen molar-refractivity contribution in [2.75, 3.05) is 5.32 Å². The second-order valence-electron chi connectivity index (χ2n) is 6.70. The van der Waals surface area contributed by atoms with Crippen LogP contribution in [0.25, 0.3) is 0 Å². The van der Waals surface area contributed by atoms with Gasteiger partial charge in [0.2, 0.25) is 0 Å². The second-order valence-corrected chi connectivity index (χ2v) is 14.5. The van der Waals surface area contributed by atoms with Gasteiger partial charge in [-0.15, -0.1) is 0 Å². The van der Waals surface area contributed by atoms with E-state index in [1.54, 1.807) is 0 Å². The van der Waals surface area contributed by atoms with Crippen molar-refractivity contribution in [1.29, 1.82) is 0 Å². The number of benzene rings is 4. The first-order chi connectivity index (χ1) is 12.9. The molecule has 4 aromatic rings. The summed E-state index contributed by atoms with van der Waals surface area (Å²) in [6.07, 6.45) is 0. The quantitative estimate of drug-likeness (QED) is 0.454. The Morgan fingerprint density at radius 2 is 0.808 bits per heavy atom. The van der Waals surface area contributed by atoms with E-state index in [1.807, 2.05) is 0 Å². The molecule has 0 fully saturated rings. The molecular formula is C24H19GeN. The molecule has 124 valence electrons. The Labute approximate surface area is 156 Å². The van der Waals surface area contributed by atoms with Crippen LogP contribution in [0.5, 0.6) is 0 Å².